The average molecular weight is 752 g/mol. The van der Waals surface area contributed by atoms with Crippen molar-refractivity contribution in [1.82, 2.24) is 5.32 Å². The molecule has 4 heteroatoms. The molecule has 0 aromatic heterocycles. The Hall–Kier alpha value is -0.160. The summed E-state index contributed by atoms with van der Waals surface area (Å²) in [5.74, 6) is 12.8. The van der Waals surface area contributed by atoms with Crippen LogP contribution in [0.4, 0.5) is 0 Å². The molecule has 1 heterocycles. The molecule has 0 amide bonds. The van der Waals surface area contributed by atoms with Gasteiger partial charge in [-0.15, -0.1) is 0 Å². The summed E-state index contributed by atoms with van der Waals surface area (Å²) in [6, 6.07) is 0.645. The lowest BCUT2D eigenvalue weighted by Crippen LogP contribution is -2.48. The summed E-state index contributed by atoms with van der Waals surface area (Å²) >= 11 is 0. The van der Waals surface area contributed by atoms with Crippen LogP contribution < -0.4 is 5.32 Å². The number of aliphatic hydroxyl groups excluding tert-OH is 3. The van der Waals surface area contributed by atoms with Crippen LogP contribution in [0, 0.1) is 101 Å². The molecular formula is C50H89NO3. The van der Waals surface area contributed by atoms with Gasteiger partial charge < -0.3 is 20.6 Å². The second-order valence-electron chi connectivity index (χ2n) is 22.8. The first-order valence-electron chi connectivity index (χ1n) is 24.7. The number of aliphatic hydroxyl groups is 3. The summed E-state index contributed by atoms with van der Waals surface area (Å²) in [7, 11) is 0. The smallest absolute Gasteiger partial charge is 0.0566 e. The maximum atomic E-state index is 11.0. The summed E-state index contributed by atoms with van der Waals surface area (Å²) in [6.07, 6.45) is 28.7. The van der Waals surface area contributed by atoms with Gasteiger partial charge in [-0.1, -0.05) is 73.1 Å². The molecular weight excluding hydrogens is 663 g/mol. The third-order valence-corrected chi connectivity index (χ3v) is 18.8. The van der Waals surface area contributed by atoms with Crippen LogP contribution in [-0.4, -0.2) is 46.2 Å². The maximum absolute atomic E-state index is 11.0. The van der Waals surface area contributed by atoms with E-state index in [-0.39, 0.29) is 18.3 Å². The van der Waals surface area contributed by atoms with Crippen molar-refractivity contribution in [3.05, 3.63) is 0 Å². The maximum Gasteiger partial charge on any atom is 0.0566 e. The molecule has 0 radical (unpaired) electrons. The van der Waals surface area contributed by atoms with Crippen molar-refractivity contribution in [2.75, 3.05) is 6.54 Å². The molecule has 7 rings (SSSR count). The van der Waals surface area contributed by atoms with E-state index in [1.807, 2.05) is 0 Å². The Morgan fingerprint density at radius 2 is 0.704 bits per heavy atom. The molecule has 4 N–H and O–H groups in total. The van der Waals surface area contributed by atoms with Crippen molar-refractivity contribution in [1.29, 1.82) is 0 Å². The first-order chi connectivity index (χ1) is 25.9. The molecule has 20 unspecified atom stereocenters. The van der Waals surface area contributed by atoms with Crippen LogP contribution in [0.5, 0.6) is 0 Å². The zero-order chi connectivity index (χ0) is 38.1. The number of nitrogens with one attached hydrogen (secondary N) is 1. The van der Waals surface area contributed by atoms with Crippen LogP contribution in [0.3, 0.4) is 0 Å². The molecule has 7 aliphatic rings. The van der Waals surface area contributed by atoms with E-state index in [1.165, 1.54) is 129 Å². The van der Waals surface area contributed by atoms with Gasteiger partial charge in [-0.25, -0.2) is 0 Å². The number of hydrogen-bond donors (Lipinski definition) is 4. The van der Waals surface area contributed by atoms with Gasteiger partial charge in [-0.05, 0) is 217 Å². The first kappa shape index (κ1) is 42.0. The van der Waals surface area contributed by atoms with Gasteiger partial charge in [0.1, 0.15) is 0 Å². The number of piperidine rings is 1. The first-order valence-corrected chi connectivity index (χ1v) is 24.7. The molecule has 54 heavy (non-hydrogen) atoms. The summed E-state index contributed by atoms with van der Waals surface area (Å²) < 4.78 is 0. The quantitative estimate of drug-likeness (QED) is 0.189. The topological polar surface area (TPSA) is 72.7 Å². The van der Waals surface area contributed by atoms with Crippen molar-refractivity contribution in [3.8, 4) is 0 Å². The van der Waals surface area contributed by atoms with Gasteiger partial charge in [0.2, 0.25) is 0 Å². The lowest BCUT2D eigenvalue weighted by Gasteiger charge is -2.55. The van der Waals surface area contributed by atoms with Crippen molar-refractivity contribution < 1.29 is 15.3 Å². The van der Waals surface area contributed by atoms with Gasteiger partial charge >= 0.3 is 0 Å². The molecule has 0 spiro atoms. The van der Waals surface area contributed by atoms with E-state index >= 15 is 0 Å². The van der Waals surface area contributed by atoms with E-state index in [4.69, 9.17) is 0 Å². The minimum atomic E-state index is -0.123. The largest absolute Gasteiger partial charge is 0.393 e. The minimum Gasteiger partial charge on any atom is -0.393 e. The normalized spacial score (nSPS) is 50.2. The van der Waals surface area contributed by atoms with Crippen LogP contribution in [-0.2, 0) is 0 Å². The van der Waals surface area contributed by atoms with Crippen LogP contribution >= 0.6 is 0 Å². The van der Waals surface area contributed by atoms with Crippen LogP contribution in [0.2, 0.25) is 0 Å². The van der Waals surface area contributed by atoms with E-state index < -0.39 is 0 Å². The number of hydrogen-bond acceptors (Lipinski definition) is 4. The Balaban J connectivity index is 1.29. The highest BCUT2D eigenvalue weighted by Crippen LogP contribution is 2.59. The highest BCUT2D eigenvalue weighted by atomic mass is 16.3. The van der Waals surface area contributed by atoms with Gasteiger partial charge in [0.25, 0.3) is 0 Å². The molecule has 7 fully saturated rings. The lowest BCUT2D eigenvalue weighted by atomic mass is 9.51. The van der Waals surface area contributed by atoms with Crippen LogP contribution in [0.25, 0.3) is 0 Å². The SMILES string of the molecule is CC1CCCC(C(C2CCNC(C)C2)C2CC(C(C3CCCC(C)C3)C3CCC(O)C(C)C3)CC(C(C3CCC(O)C(C)C3)C3CCC(O)C(C)C3)C2)C1. The third kappa shape index (κ3) is 9.82. The monoisotopic (exact) mass is 752 g/mol. The summed E-state index contributed by atoms with van der Waals surface area (Å²) in [6.45, 7) is 15.9. The van der Waals surface area contributed by atoms with Crippen LogP contribution in [0.15, 0.2) is 0 Å². The summed E-state index contributed by atoms with van der Waals surface area (Å²) in [5.41, 5.74) is 0. The fraction of sp³-hybridized carbons (Fsp3) is 1.00. The molecule has 4 nitrogen and oxygen atoms in total. The second-order valence-corrected chi connectivity index (χ2v) is 22.8. The molecule has 1 aliphatic heterocycles. The van der Waals surface area contributed by atoms with Crippen molar-refractivity contribution in [2.45, 2.75) is 207 Å². The minimum absolute atomic E-state index is 0.102. The van der Waals surface area contributed by atoms with Gasteiger partial charge in [0.15, 0.2) is 0 Å². The summed E-state index contributed by atoms with van der Waals surface area (Å²) in [4.78, 5) is 0. The molecule has 0 bridgehead atoms. The Morgan fingerprint density at radius 3 is 1.04 bits per heavy atom. The van der Waals surface area contributed by atoms with E-state index in [9.17, 15) is 15.3 Å². The predicted molar refractivity (Wildman–Crippen MR) is 225 cm³/mol. The van der Waals surface area contributed by atoms with Crippen molar-refractivity contribution in [2.24, 2.45) is 101 Å². The van der Waals surface area contributed by atoms with E-state index in [1.54, 1.807) is 0 Å². The Kier molecular flexibility index (Phi) is 14.6. The molecule has 6 saturated carbocycles. The molecule has 6 aliphatic carbocycles. The molecule has 20 atom stereocenters. The fourth-order valence-corrected chi connectivity index (χ4v) is 16.4. The molecule has 1 saturated heterocycles. The van der Waals surface area contributed by atoms with E-state index in [0.717, 1.165) is 102 Å². The Morgan fingerprint density at radius 1 is 0.352 bits per heavy atom. The highest BCUT2D eigenvalue weighted by Gasteiger charge is 2.51. The zero-order valence-corrected chi connectivity index (χ0v) is 36.2. The molecule has 312 valence electrons. The standard InChI is InChI=1S/C50H89NO3/c1-30-9-7-11-36(21-30)48(38-13-16-45(52)32(3)23-38)42-27-43(49(37-12-8-10-31(2)22-37)41-19-20-51-35(6)26-41)29-44(28-42)50(39-14-17-46(53)33(4)24-39)40-15-18-47(54)34(5)25-40/h30-54H,7-29H2,1-6H3. The lowest BCUT2D eigenvalue weighted by molar-refractivity contribution is -0.0680. The van der Waals surface area contributed by atoms with Crippen LogP contribution in [0.1, 0.15) is 183 Å². The highest BCUT2D eigenvalue weighted by molar-refractivity contribution is 5.01. The Bertz CT molecular complexity index is 1100. The van der Waals surface area contributed by atoms with Gasteiger partial charge in [0, 0.05) is 6.04 Å². The second kappa shape index (κ2) is 18.8. The zero-order valence-electron chi connectivity index (χ0n) is 36.2. The number of rotatable bonds is 9. The molecule has 0 aromatic carbocycles. The van der Waals surface area contributed by atoms with Crippen molar-refractivity contribution >= 4 is 0 Å². The third-order valence-electron chi connectivity index (χ3n) is 18.8. The fourth-order valence-electron chi connectivity index (χ4n) is 16.4. The van der Waals surface area contributed by atoms with Gasteiger partial charge in [-0.2, -0.15) is 0 Å². The van der Waals surface area contributed by atoms with Crippen molar-refractivity contribution in [3.63, 3.8) is 0 Å². The summed E-state index contributed by atoms with van der Waals surface area (Å²) in [5, 5.41) is 37.0. The Labute approximate surface area is 334 Å². The van der Waals surface area contributed by atoms with E-state index in [0.29, 0.717) is 23.8 Å². The van der Waals surface area contributed by atoms with Gasteiger partial charge in [-0.3, -0.25) is 0 Å². The predicted octanol–water partition coefficient (Wildman–Crippen LogP) is 11.3. The van der Waals surface area contributed by atoms with Gasteiger partial charge in [0.05, 0.1) is 18.3 Å². The van der Waals surface area contributed by atoms with E-state index in [2.05, 4.69) is 46.9 Å². The average Bonchev–Trinajstić information content (AvgIpc) is 3.13. The molecule has 0 aromatic rings.